The van der Waals surface area contributed by atoms with Crippen molar-refractivity contribution in [3.63, 3.8) is 0 Å². The second-order valence-electron chi connectivity index (χ2n) is 6.93. The van der Waals surface area contributed by atoms with Gasteiger partial charge in [0.15, 0.2) is 5.78 Å². The van der Waals surface area contributed by atoms with E-state index in [4.69, 9.17) is 4.74 Å². The van der Waals surface area contributed by atoms with E-state index in [1.165, 1.54) is 35.2 Å². The fourth-order valence-electron chi connectivity index (χ4n) is 3.36. The first-order chi connectivity index (χ1) is 14.4. The Morgan fingerprint density at radius 2 is 1.57 bits per heavy atom. The van der Waals surface area contributed by atoms with Gasteiger partial charge in [-0.05, 0) is 42.5 Å². The molecule has 0 atom stereocenters. The monoisotopic (exact) mass is 421 g/mol. The summed E-state index contributed by atoms with van der Waals surface area (Å²) in [6, 6.07) is 19.5. The maximum atomic E-state index is 13.0. The van der Waals surface area contributed by atoms with Gasteiger partial charge in [-0.1, -0.05) is 30.3 Å². The van der Waals surface area contributed by atoms with E-state index in [2.05, 4.69) is 0 Å². The van der Waals surface area contributed by atoms with Crippen LogP contribution in [0.15, 0.2) is 82.6 Å². The first-order valence-corrected chi connectivity index (χ1v) is 10.8. The lowest BCUT2D eigenvalue weighted by atomic mass is 10.0. The molecule has 7 heteroatoms. The summed E-state index contributed by atoms with van der Waals surface area (Å²) in [5, 5.41) is 0. The van der Waals surface area contributed by atoms with Crippen LogP contribution in [-0.4, -0.2) is 45.2 Å². The van der Waals surface area contributed by atoms with Gasteiger partial charge in [0.25, 0.3) is 5.91 Å². The highest BCUT2D eigenvalue weighted by molar-refractivity contribution is 7.91. The average Bonchev–Trinajstić information content (AvgIpc) is 2.77. The Morgan fingerprint density at radius 3 is 2.33 bits per heavy atom. The number of fused-ring (bicyclic) bond motifs is 2. The minimum Gasteiger partial charge on any atom is -0.492 e. The zero-order valence-corrected chi connectivity index (χ0v) is 17.1. The summed E-state index contributed by atoms with van der Waals surface area (Å²) in [4.78, 5) is 26.8. The largest absolute Gasteiger partial charge is 0.492 e. The third kappa shape index (κ3) is 3.48. The van der Waals surface area contributed by atoms with Crippen molar-refractivity contribution < 1.29 is 22.7 Å². The fraction of sp³-hybridized carbons (Fsp3) is 0.130. The lowest BCUT2D eigenvalue weighted by molar-refractivity contribution is 0.0773. The molecular weight excluding hydrogens is 402 g/mol. The lowest BCUT2D eigenvalue weighted by Gasteiger charge is -2.21. The Bertz CT molecular complexity index is 1240. The molecule has 1 aliphatic rings. The third-order valence-corrected chi connectivity index (χ3v) is 6.82. The number of rotatable bonds is 5. The van der Waals surface area contributed by atoms with Crippen LogP contribution in [0, 0.1) is 0 Å². The number of likely N-dealkylation sites (N-methyl/N-ethyl adjacent to an activating group) is 1. The fourth-order valence-corrected chi connectivity index (χ4v) is 5.03. The average molecular weight is 421 g/mol. The van der Waals surface area contributed by atoms with Crippen LogP contribution in [-0.2, 0) is 9.84 Å². The Morgan fingerprint density at radius 1 is 0.900 bits per heavy atom. The van der Waals surface area contributed by atoms with Gasteiger partial charge in [-0.15, -0.1) is 0 Å². The smallest absolute Gasteiger partial charge is 0.253 e. The molecule has 152 valence electrons. The first kappa shape index (κ1) is 19.8. The summed E-state index contributed by atoms with van der Waals surface area (Å²) < 4.78 is 31.6. The van der Waals surface area contributed by atoms with E-state index in [0.717, 1.165) is 0 Å². The van der Waals surface area contributed by atoms with Gasteiger partial charge in [0.05, 0.1) is 16.3 Å². The van der Waals surface area contributed by atoms with Crippen molar-refractivity contribution in [2.45, 2.75) is 9.79 Å². The van der Waals surface area contributed by atoms with E-state index in [9.17, 15) is 18.0 Å². The summed E-state index contributed by atoms with van der Waals surface area (Å²) in [7, 11) is -2.27. The SMILES string of the molecule is CN(CCOc1ccccc1)C(=O)c1ccc2c(c1)S(=O)(=O)c1ccccc1C2=O. The van der Waals surface area contributed by atoms with Gasteiger partial charge in [-0.2, -0.15) is 0 Å². The van der Waals surface area contributed by atoms with Crippen LogP contribution in [0.2, 0.25) is 0 Å². The van der Waals surface area contributed by atoms with Crippen molar-refractivity contribution in [2.75, 3.05) is 20.2 Å². The molecule has 0 aromatic heterocycles. The van der Waals surface area contributed by atoms with Gasteiger partial charge in [-0.3, -0.25) is 9.59 Å². The highest BCUT2D eigenvalue weighted by Crippen LogP contribution is 2.34. The topological polar surface area (TPSA) is 80.8 Å². The van der Waals surface area contributed by atoms with Crippen LogP contribution < -0.4 is 4.74 Å². The highest BCUT2D eigenvalue weighted by atomic mass is 32.2. The molecule has 0 aliphatic carbocycles. The van der Waals surface area contributed by atoms with Gasteiger partial charge in [0.2, 0.25) is 9.84 Å². The molecule has 30 heavy (non-hydrogen) atoms. The standard InChI is InChI=1S/C23H19NO5S/c1-24(13-14-29-17-7-3-2-4-8-17)23(26)16-11-12-19-21(15-16)30(27,28)20-10-6-5-9-18(20)22(19)25/h2-12,15H,13-14H2,1H3. The number of benzene rings is 3. The molecule has 0 radical (unpaired) electrons. The maximum absolute atomic E-state index is 13.0. The van der Waals surface area contributed by atoms with Crippen LogP contribution in [0.4, 0.5) is 0 Å². The minimum atomic E-state index is -3.89. The van der Waals surface area contributed by atoms with Crippen LogP contribution in [0.3, 0.4) is 0 Å². The van der Waals surface area contributed by atoms with Crippen molar-refractivity contribution in [1.29, 1.82) is 0 Å². The van der Waals surface area contributed by atoms with E-state index >= 15 is 0 Å². The summed E-state index contributed by atoms with van der Waals surface area (Å²) in [5.41, 5.74) is 0.436. The first-order valence-electron chi connectivity index (χ1n) is 9.36. The summed E-state index contributed by atoms with van der Waals surface area (Å²) in [6.45, 7) is 0.612. The molecule has 0 saturated carbocycles. The molecule has 4 rings (SSSR count). The van der Waals surface area contributed by atoms with Crippen molar-refractivity contribution in [3.8, 4) is 5.75 Å². The molecule has 0 bridgehead atoms. The van der Waals surface area contributed by atoms with E-state index < -0.39 is 9.84 Å². The zero-order valence-electron chi connectivity index (χ0n) is 16.2. The van der Waals surface area contributed by atoms with Crippen molar-refractivity contribution in [2.24, 2.45) is 0 Å². The van der Waals surface area contributed by atoms with Crippen molar-refractivity contribution in [1.82, 2.24) is 4.90 Å². The molecule has 0 saturated heterocycles. The summed E-state index contributed by atoms with van der Waals surface area (Å²) >= 11 is 0. The van der Waals surface area contributed by atoms with Crippen LogP contribution >= 0.6 is 0 Å². The number of sulfone groups is 1. The van der Waals surface area contributed by atoms with Gasteiger partial charge >= 0.3 is 0 Å². The zero-order chi connectivity index (χ0) is 21.3. The van der Waals surface area contributed by atoms with Gasteiger partial charge in [0.1, 0.15) is 12.4 Å². The Labute approximate surface area is 174 Å². The summed E-state index contributed by atoms with van der Waals surface area (Å²) in [6.07, 6.45) is 0. The summed E-state index contributed by atoms with van der Waals surface area (Å²) in [5.74, 6) is -0.00888. The van der Waals surface area contributed by atoms with Gasteiger partial charge in [0, 0.05) is 23.7 Å². The van der Waals surface area contributed by atoms with Crippen molar-refractivity contribution >= 4 is 21.5 Å². The quantitative estimate of drug-likeness (QED) is 0.494. The number of para-hydroxylation sites is 1. The van der Waals surface area contributed by atoms with Crippen LogP contribution in [0.5, 0.6) is 5.75 Å². The molecule has 0 fully saturated rings. The Kier molecular flexibility index (Phi) is 5.13. The predicted octanol–water partition coefficient (Wildman–Crippen LogP) is 3.21. The number of hydrogen-bond acceptors (Lipinski definition) is 5. The molecule has 1 heterocycles. The number of ketones is 1. The Hall–Kier alpha value is -3.45. The number of ether oxygens (including phenoxy) is 1. The molecule has 3 aromatic carbocycles. The number of carbonyl (C=O) groups excluding carboxylic acids is 2. The molecule has 1 aliphatic heterocycles. The van der Waals surface area contributed by atoms with E-state index in [1.807, 2.05) is 30.3 Å². The van der Waals surface area contributed by atoms with Crippen LogP contribution in [0.1, 0.15) is 26.3 Å². The molecule has 0 spiro atoms. The number of amides is 1. The van der Waals surface area contributed by atoms with Crippen molar-refractivity contribution in [3.05, 3.63) is 89.5 Å². The minimum absolute atomic E-state index is 0.0308. The predicted molar refractivity (Wildman–Crippen MR) is 111 cm³/mol. The molecule has 3 aromatic rings. The second kappa shape index (κ2) is 7.76. The third-order valence-electron chi connectivity index (χ3n) is 4.97. The maximum Gasteiger partial charge on any atom is 0.253 e. The molecule has 1 amide bonds. The lowest BCUT2D eigenvalue weighted by Crippen LogP contribution is -2.31. The van der Waals surface area contributed by atoms with E-state index in [1.54, 1.807) is 19.2 Å². The van der Waals surface area contributed by atoms with Crippen LogP contribution in [0.25, 0.3) is 0 Å². The molecule has 6 nitrogen and oxygen atoms in total. The number of nitrogens with zero attached hydrogens (tertiary/aromatic N) is 1. The molecular formula is C23H19NO5S. The Balaban J connectivity index is 1.56. The van der Waals surface area contributed by atoms with E-state index in [-0.39, 0.29) is 38.2 Å². The molecule has 0 N–H and O–H groups in total. The normalized spacial score (nSPS) is 13.8. The molecule has 0 unspecified atom stereocenters. The number of carbonyl (C=O) groups is 2. The van der Waals surface area contributed by atoms with Gasteiger partial charge < -0.3 is 9.64 Å². The second-order valence-corrected chi connectivity index (χ2v) is 8.81. The highest BCUT2D eigenvalue weighted by Gasteiger charge is 2.35. The van der Waals surface area contributed by atoms with E-state index in [0.29, 0.717) is 18.9 Å². The number of hydrogen-bond donors (Lipinski definition) is 0. The van der Waals surface area contributed by atoms with Gasteiger partial charge in [-0.25, -0.2) is 8.42 Å².